The van der Waals surface area contributed by atoms with Gasteiger partial charge < -0.3 is 10.1 Å². The molecule has 37 heavy (non-hydrogen) atoms. The summed E-state index contributed by atoms with van der Waals surface area (Å²) in [4.78, 5) is 30.5. The number of aromatic nitrogens is 1. The van der Waals surface area contributed by atoms with Crippen LogP contribution >= 0.6 is 51.2 Å². The summed E-state index contributed by atoms with van der Waals surface area (Å²) in [6.45, 7) is 1.80. The average molecular weight is 612 g/mol. The lowest BCUT2D eigenvalue weighted by Gasteiger charge is -2.14. The number of thiazole rings is 1. The van der Waals surface area contributed by atoms with Crippen molar-refractivity contribution in [3.05, 3.63) is 87.2 Å². The van der Waals surface area contributed by atoms with Crippen LogP contribution in [0.1, 0.15) is 11.1 Å². The molecule has 3 aromatic carbocycles. The van der Waals surface area contributed by atoms with Gasteiger partial charge in [0.25, 0.3) is 11.8 Å². The molecule has 0 aliphatic carbocycles. The van der Waals surface area contributed by atoms with E-state index in [4.69, 9.17) is 17.0 Å². The van der Waals surface area contributed by atoms with Gasteiger partial charge in [-0.15, -0.1) is 0 Å². The van der Waals surface area contributed by atoms with Gasteiger partial charge in [0, 0.05) is 15.7 Å². The van der Waals surface area contributed by atoms with Gasteiger partial charge in [0.1, 0.15) is 5.75 Å². The topological polar surface area (TPSA) is 83.6 Å². The molecule has 4 aromatic rings. The lowest BCUT2D eigenvalue weighted by molar-refractivity contribution is -0.121. The van der Waals surface area contributed by atoms with Crippen LogP contribution in [0.3, 0.4) is 0 Å². The third-order valence-electron chi connectivity index (χ3n) is 5.25. The number of carbonyl (C=O) groups is 2. The van der Waals surface area contributed by atoms with E-state index in [0.29, 0.717) is 31.4 Å². The Hall–Kier alpha value is -3.25. The predicted molar refractivity (Wildman–Crippen MR) is 158 cm³/mol. The SMILES string of the molecule is Cc1ccc(NC(=O)COc2ccc(Br)cc2/C=C2\SC(=S)N(Nc3nc4ccccc4s3)C2=O)cc1. The third-order valence-corrected chi connectivity index (χ3v) is 7.98. The highest BCUT2D eigenvalue weighted by atomic mass is 79.9. The number of hydrogen-bond acceptors (Lipinski definition) is 8. The van der Waals surface area contributed by atoms with Crippen LogP contribution in [-0.4, -0.2) is 32.7 Å². The highest BCUT2D eigenvalue weighted by Gasteiger charge is 2.33. The number of ether oxygens (including phenoxy) is 1. The Bertz CT molecular complexity index is 1520. The number of hydrogen-bond donors (Lipinski definition) is 2. The van der Waals surface area contributed by atoms with E-state index in [1.54, 1.807) is 12.1 Å². The minimum atomic E-state index is -0.294. The van der Waals surface area contributed by atoms with E-state index >= 15 is 0 Å². The number of amides is 2. The number of rotatable bonds is 7. The molecule has 1 aliphatic rings. The van der Waals surface area contributed by atoms with Crippen LogP contribution in [0.5, 0.6) is 5.75 Å². The van der Waals surface area contributed by atoms with Crippen molar-refractivity contribution in [3.63, 3.8) is 0 Å². The van der Waals surface area contributed by atoms with Gasteiger partial charge in [0.05, 0.1) is 15.1 Å². The van der Waals surface area contributed by atoms with Crippen molar-refractivity contribution in [2.75, 3.05) is 17.3 Å². The van der Waals surface area contributed by atoms with Crippen molar-refractivity contribution in [2.45, 2.75) is 6.92 Å². The van der Waals surface area contributed by atoms with Crippen molar-refractivity contribution >= 4 is 94.5 Å². The van der Waals surface area contributed by atoms with Gasteiger partial charge in [-0.05, 0) is 67.7 Å². The number of anilines is 2. The summed E-state index contributed by atoms with van der Waals surface area (Å²) in [5.74, 6) is -0.118. The fraction of sp³-hybridized carbons (Fsp3) is 0.0769. The molecule has 2 N–H and O–H groups in total. The Morgan fingerprint density at radius 2 is 1.95 bits per heavy atom. The van der Waals surface area contributed by atoms with Crippen LogP contribution in [0.2, 0.25) is 0 Å². The summed E-state index contributed by atoms with van der Waals surface area (Å²) in [7, 11) is 0. The van der Waals surface area contributed by atoms with Gasteiger partial charge >= 0.3 is 0 Å². The Morgan fingerprint density at radius 3 is 2.73 bits per heavy atom. The molecular formula is C26H19BrN4O3S3. The maximum absolute atomic E-state index is 13.2. The molecule has 5 rings (SSSR count). The zero-order valence-corrected chi connectivity index (χ0v) is 23.4. The molecule has 11 heteroatoms. The van der Waals surface area contributed by atoms with E-state index in [1.807, 2.05) is 67.6 Å². The summed E-state index contributed by atoms with van der Waals surface area (Å²) in [5, 5.41) is 4.70. The van der Waals surface area contributed by atoms with Crippen LogP contribution in [0.15, 0.2) is 76.1 Å². The Balaban J connectivity index is 1.30. The second kappa shape index (κ2) is 11.0. The summed E-state index contributed by atoms with van der Waals surface area (Å²) >= 11 is 11.5. The van der Waals surface area contributed by atoms with Gasteiger partial charge in [-0.25, -0.2) is 4.98 Å². The summed E-state index contributed by atoms with van der Waals surface area (Å²) in [6.07, 6.45) is 1.71. The molecule has 186 valence electrons. The lowest BCUT2D eigenvalue weighted by atomic mass is 10.2. The molecule has 0 unspecified atom stereocenters. The number of benzene rings is 3. The van der Waals surface area contributed by atoms with E-state index in [0.717, 1.165) is 20.3 Å². The smallest absolute Gasteiger partial charge is 0.285 e. The van der Waals surface area contributed by atoms with Crippen LogP contribution in [0, 0.1) is 6.92 Å². The molecule has 0 spiro atoms. The van der Waals surface area contributed by atoms with Crippen LogP contribution < -0.4 is 15.5 Å². The second-order valence-electron chi connectivity index (χ2n) is 8.00. The molecule has 0 radical (unpaired) electrons. The maximum atomic E-state index is 13.2. The van der Waals surface area contributed by atoms with Gasteiger partial charge in [-0.2, -0.15) is 5.01 Å². The fourth-order valence-corrected chi connectivity index (χ4v) is 5.87. The van der Waals surface area contributed by atoms with Crippen molar-refractivity contribution in [1.29, 1.82) is 0 Å². The maximum Gasteiger partial charge on any atom is 0.285 e. The van der Waals surface area contributed by atoms with Gasteiger partial charge in [0.15, 0.2) is 10.9 Å². The molecular weight excluding hydrogens is 592 g/mol. The fourth-order valence-electron chi connectivity index (χ4n) is 3.46. The highest BCUT2D eigenvalue weighted by molar-refractivity contribution is 9.10. The normalized spacial score (nSPS) is 14.4. The largest absolute Gasteiger partial charge is 0.483 e. The molecule has 0 saturated carbocycles. The quantitative estimate of drug-likeness (QED) is 0.180. The summed E-state index contributed by atoms with van der Waals surface area (Å²) in [6, 6.07) is 20.6. The number of para-hydroxylation sites is 1. The number of aryl methyl sites for hydroxylation is 1. The molecule has 1 saturated heterocycles. The molecule has 7 nitrogen and oxygen atoms in total. The Kier molecular flexibility index (Phi) is 7.56. The molecule has 0 bridgehead atoms. The van der Waals surface area contributed by atoms with Gasteiger partial charge in [-0.3, -0.25) is 15.0 Å². The summed E-state index contributed by atoms with van der Waals surface area (Å²) in [5.41, 5.74) is 6.32. The first-order valence-corrected chi connectivity index (χ1v) is 13.9. The predicted octanol–water partition coefficient (Wildman–Crippen LogP) is 6.61. The number of hydrazine groups is 1. The Morgan fingerprint density at radius 1 is 1.16 bits per heavy atom. The first-order valence-electron chi connectivity index (χ1n) is 11.0. The third kappa shape index (κ3) is 6.02. The van der Waals surface area contributed by atoms with Crippen LogP contribution in [-0.2, 0) is 9.59 Å². The number of thioether (sulfide) groups is 1. The number of nitrogens with one attached hydrogen (secondary N) is 2. The van der Waals surface area contributed by atoms with Crippen molar-refractivity contribution in [1.82, 2.24) is 9.99 Å². The van der Waals surface area contributed by atoms with Crippen LogP contribution in [0.25, 0.3) is 16.3 Å². The van der Waals surface area contributed by atoms with E-state index in [1.165, 1.54) is 28.1 Å². The standard InChI is InChI=1S/C26H19BrN4O3S3/c1-15-6-9-18(10-7-15)28-23(32)14-34-20-11-8-17(27)12-16(20)13-22-24(33)31(26(35)37-22)30-25-29-19-4-2-3-5-21(19)36-25/h2-13H,14H2,1H3,(H,28,32)(H,29,30)/b22-13-. The molecule has 1 fully saturated rings. The Labute approximate surface area is 235 Å². The molecule has 1 aromatic heterocycles. The number of carbonyl (C=O) groups excluding carboxylic acids is 2. The van der Waals surface area contributed by atoms with Crippen molar-refractivity contribution < 1.29 is 14.3 Å². The van der Waals surface area contributed by atoms with E-state index in [2.05, 4.69) is 31.7 Å². The lowest BCUT2D eigenvalue weighted by Crippen LogP contribution is -2.33. The van der Waals surface area contributed by atoms with Crippen molar-refractivity contribution in [3.8, 4) is 5.75 Å². The average Bonchev–Trinajstić information content (AvgIpc) is 3.40. The molecule has 0 atom stereocenters. The van der Waals surface area contributed by atoms with E-state index < -0.39 is 0 Å². The van der Waals surface area contributed by atoms with E-state index in [-0.39, 0.29) is 18.4 Å². The first-order chi connectivity index (χ1) is 17.9. The number of halogens is 1. The zero-order chi connectivity index (χ0) is 25.9. The number of fused-ring (bicyclic) bond motifs is 1. The second-order valence-corrected chi connectivity index (χ2v) is 11.6. The van der Waals surface area contributed by atoms with Gasteiger partial charge in [0.2, 0.25) is 5.13 Å². The minimum Gasteiger partial charge on any atom is -0.483 e. The zero-order valence-electron chi connectivity index (χ0n) is 19.4. The molecule has 2 amide bonds. The van der Waals surface area contributed by atoms with Crippen LogP contribution in [0.4, 0.5) is 10.8 Å². The van der Waals surface area contributed by atoms with E-state index in [9.17, 15) is 9.59 Å². The monoisotopic (exact) mass is 610 g/mol. The van der Waals surface area contributed by atoms with Crippen molar-refractivity contribution in [2.24, 2.45) is 0 Å². The number of thiocarbonyl (C=S) groups is 1. The summed E-state index contributed by atoms with van der Waals surface area (Å²) < 4.78 is 7.99. The minimum absolute atomic E-state index is 0.184. The number of nitrogens with zero attached hydrogens (tertiary/aromatic N) is 2. The van der Waals surface area contributed by atoms with Gasteiger partial charge in [-0.1, -0.05) is 68.9 Å². The first kappa shape index (κ1) is 25.4. The molecule has 2 heterocycles. The molecule has 1 aliphatic heterocycles. The highest BCUT2D eigenvalue weighted by Crippen LogP contribution is 2.36.